The summed E-state index contributed by atoms with van der Waals surface area (Å²) in [7, 11) is -1.38. The highest BCUT2D eigenvalue weighted by molar-refractivity contribution is 7.90. The normalized spacial score (nSPS) is 13.3. The Kier molecular flexibility index (Phi) is 7.03. The monoisotopic (exact) mass is 276 g/mol. The minimum atomic E-state index is -4.13. The number of sulfone groups is 1. The molecule has 0 aliphatic carbocycles. The summed E-state index contributed by atoms with van der Waals surface area (Å²) < 4.78 is 57.2. The number of halogens is 3. The number of hydrogen-bond donors (Lipinski definition) is 1. The van der Waals surface area contributed by atoms with Gasteiger partial charge in [0.1, 0.15) is 9.84 Å². The summed E-state index contributed by atoms with van der Waals surface area (Å²) in [6.45, 7) is 1.22. The van der Waals surface area contributed by atoms with Crippen LogP contribution in [0.1, 0.15) is 6.42 Å². The number of rotatable bonds is 8. The molecule has 0 atom stereocenters. The van der Waals surface area contributed by atoms with Crippen molar-refractivity contribution in [2.24, 2.45) is 0 Å². The fraction of sp³-hybridized carbons (Fsp3) is 1.00. The Morgan fingerprint density at radius 3 is 2.24 bits per heavy atom. The van der Waals surface area contributed by atoms with Crippen molar-refractivity contribution in [1.82, 2.24) is 10.2 Å². The second-order valence-corrected chi connectivity index (χ2v) is 6.31. The Bertz CT molecular complexity index is 304. The molecule has 0 saturated heterocycles. The van der Waals surface area contributed by atoms with Crippen molar-refractivity contribution in [2.75, 3.05) is 45.2 Å². The minimum Gasteiger partial charge on any atom is -0.314 e. The Morgan fingerprint density at radius 2 is 1.76 bits per heavy atom. The molecule has 0 heterocycles. The lowest BCUT2D eigenvalue weighted by atomic mass is 10.4. The Labute approximate surface area is 100 Å². The van der Waals surface area contributed by atoms with E-state index in [1.165, 1.54) is 0 Å². The predicted octanol–water partition coefficient (Wildman–Crippen LogP) is 0.505. The maximum atomic E-state index is 11.9. The summed E-state index contributed by atoms with van der Waals surface area (Å²) in [4.78, 5) is 1.56. The number of likely N-dealkylation sites (N-methyl/N-ethyl adjacent to an activating group) is 1. The van der Waals surface area contributed by atoms with E-state index in [-0.39, 0.29) is 12.3 Å². The van der Waals surface area contributed by atoms with Gasteiger partial charge >= 0.3 is 6.18 Å². The molecule has 104 valence electrons. The summed E-state index contributed by atoms with van der Waals surface area (Å²) in [6.07, 6.45) is -3.81. The van der Waals surface area contributed by atoms with Gasteiger partial charge in [-0.1, -0.05) is 0 Å². The third kappa shape index (κ3) is 13.6. The molecule has 0 aliphatic rings. The van der Waals surface area contributed by atoms with Gasteiger partial charge in [0, 0.05) is 32.4 Å². The standard InChI is InChI=1S/C9H19F3N2O2S/c1-14(6-3-9(10,11)12)7-4-13-5-8-17(2,15)16/h13H,3-8H2,1-2H3. The summed E-state index contributed by atoms with van der Waals surface area (Å²) in [5, 5.41) is 2.87. The van der Waals surface area contributed by atoms with Crippen LogP contribution in [0.15, 0.2) is 0 Å². The molecule has 0 aromatic heterocycles. The van der Waals surface area contributed by atoms with Gasteiger partial charge in [0.2, 0.25) is 0 Å². The summed E-state index contributed by atoms with van der Waals surface area (Å²) in [5.41, 5.74) is 0. The van der Waals surface area contributed by atoms with Crippen molar-refractivity contribution in [3.05, 3.63) is 0 Å². The van der Waals surface area contributed by atoms with Gasteiger partial charge in [0.25, 0.3) is 0 Å². The molecule has 17 heavy (non-hydrogen) atoms. The predicted molar refractivity (Wildman–Crippen MR) is 60.7 cm³/mol. The van der Waals surface area contributed by atoms with Crippen LogP contribution in [0.25, 0.3) is 0 Å². The topological polar surface area (TPSA) is 49.4 Å². The maximum Gasteiger partial charge on any atom is 0.390 e. The second-order valence-electron chi connectivity index (χ2n) is 4.05. The number of hydrogen-bond acceptors (Lipinski definition) is 4. The summed E-state index contributed by atoms with van der Waals surface area (Å²) in [5.74, 6) is 0.0409. The molecular formula is C9H19F3N2O2S. The van der Waals surface area contributed by atoms with E-state index in [4.69, 9.17) is 0 Å². The van der Waals surface area contributed by atoms with Crippen LogP contribution in [0, 0.1) is 0 Å². The maximum absolute atomic E-state index is 11.9. The third-order valence-electron chi connectivity index (χ3n) is 2.10. The van der Waals surface area contributed by atoms with Crippen molar-refractivity contribution in [2.45, 2.75) is 12.6 Å². The van der Waals surface area contributed by atoms with Gasteiger partial charge in [-0.05, 0) is 7.05 Å². The molecule has 0 rings (SSSR count). The molecule has 0 fully saturated rings. The van der Waals surface area contributed by atoms with E-state index < -0.39 is 22.4 Å². The van der Waals surface area contributed by atoms with Gasteiger partial charge in [-0.3, -0.25) is 0 Å². The van der Waals surface area contributed by atoms with Crippen molar-refractivity contribution in [3.8, 4) is 0 Å². The smallest absolute Gasteiger partial charge is 0.314 e. The lowest BCUT2D eigenvalue weighted by Crippen LogP contribution is -2.33. The molecule has 0 unspecified atom stereocenters. The van der Waals surface area contributed by atoms with Crippen molar-refractivity contribution in [1.29, 1.82) is 0 Å². The first-order valence-electron chi connectivity index (χ1n) is 5.24. The van der Waals surface area contributed by atoms with Gasteiger partial charge < -0.3 is 10.2 Å². The van der Waals surface area contributed by atoms with Gasteiger partial charge in [-0.15, -0.1) is 0 Å². The average molecular weight is 276 g/mol. The Morgan fingerprint density at radius 1 is 1.18 bits per heavy atom. The van der Waals surface area contributed by atoms with E-state index in [1.54, 1.807) is 11.9 Å². The highest BCUT2D eigenvalue weighted by Crippen LogP contribution is 2.19. The van der Waals surface area contributed by atoms with Crippen LogP contribution in [0.5, 0.6) is 0 Å². The van der Waals surface area contributed by atoms with E-state index in [0.29, 0.717) is 19.6 Å². The molecule has 0 radical (unpaired) electrons. The molecule has 0 bridgehead atoms. The first-order chi connectivity index (χ1) is 7.60. The molecule has 8 heteroatoms. The molecule has 0 amide bonds. The fourth-order valence-corrected chi connectivity index (χ4v) is 1.60. The second kappa shape index (κ2) is 7.17. The van der Waals surface area contributed by atoms with Crippen LogP contribution in [-0.2, 0) is 9.84 Å². The van der Waals surface area contributed by atoms with Crippen molar-refractivity contribution in [3.63, 3.8) is 0 Å². The summed E-state index contributed by atoms with van der Waals surface area (Å²) in [6, 6.07) is 0. The molecule has 0 aromatic rings. The molecule has 4 nitrogen and oxygen atoms in total. The highest BCUT2D eigenvalue weighted by Gasteiger charge is 2.26. The van der Waals surface area contributed by atoms with Gasteiger partial charge in [-0.25, -0.2) is 8.42 Å². The third-order valence-corrected chi connectivity index (χ3v) is 3.04. The van der Waals surface area contributed by atoms with E-state index in [9.17, 15) is 21.6 Å². The summed E-state index contributed by atoms with van der Waals surface area (Å²) >= 11 is 0. The van der Waals surface area contributed by atoms with E-state index >= 15 is 0 Å². The van der Waals surface area contributed by atoms with Gasteiger partial charge in [0.05, 0.1) is 12.2 Å². The first kappa shape index (κ1) is 16.7. The van der Waals surface area contributed by atoms with Crippen LogP contribution in [0.4, 0.5) is 13.2 Å². The number of nitrogens with one attached hydrogen (secondary N) is 1. The Balaban J connectivity index is 3.49. The molecular weight excluding hydrogens is 257 g/mol. The van der Waals surface area contributed by atoms with Gasteiger partial charge in [-0.2, -0.15) is 13.2 Å². The highest BCUT2D eigenvalue weighted by atomic mass is 32.2. The van der Waals surface area contributed by atoms with Crippen LogP contribution in [0.3, 0.4) is 0 Å². The quantitative estimate of drug-likeness (QED) is 0.656. The van der Waals surface area contributed by atoms with E-state index in [2.05, 4.69) is 5.32 Å². The van der Waals surface area contributed by atoms with Crippen LogP contribution in [-0.4, -0.2) is 64.7 Å². The molecule has 0 saturated carbocycles. The number of nitrogens with zero attached hydrogens (tertiary/aromatic N) is 1. The lowest BCUT2D eigenvalue weighted by Gasteiger charge is -2.17. The van der Waals surface area contributed by atoms with E-state index in [1.807, 2.05) is 0 Å². The van der Waals surface area contributed by atoms with Gasteiger partial charge in [0.15, 0.2) is 0 Å². The van der Waals surface area contributed by atoms with Crippen LogP contribution in [0.2, 0.25) is 0 Å². The zero-order chi connectivity index (χ0) is 13.5. The minimum absolute atomic E-state index is 0.0409. The van der Waals surface area contributed by atoms with Crippen LogP contribution >= 0.6 is 0 Å². The van der Waals surface area contributed by atoms with Crippen LogP contribution < -0.4 is 5.32 Å². The van der Waals surface area contributed by atoms with E-state index in [0.717, 1.165) is 6.26 Å². The molecule has 0 spiro atoms. The molecule has 0 aromatic carbocycles. The number of alkyl halides is 3. The molecule has 0 aliphatic heterocycles. The zero-order valence-electron chi connectivity index (χ0n) is 10.0. The largest absolute Gasteiger partial charge is 0.390 e. The Hall–Kier alpha value is -0.340. The SMILES string of the molecule is CN(CCNCCS(C)(=O)=O)CCC(F)(F)F. The first-order valence-corrected chi connectivity index (χ1v) is 7.30. The van der Waals surface area contributed by atoms with Crippen molar-refractivity contribution >= 4 is 9.84 Å². The molecule has 1 N–H and O–H groups in total. The van der Waals surface area contributed by atoms with Crippen molar-refractivity contribution < 1.29 is 21.6 Å². The lowest BCUT2D eigenvalue weighted by molar-refractivity contribution is -0.137. The fourth-order valence-electron chi connectivity index (χ4n) is 1.08. The average Bonchev–Trinajstić information content (AvgIpc) is 2.11. The zero-order valence-corrected chi connectivity index (χ0v) is 10.9.